The first-order valence-electron chi connectivity index (χ1n) is 16.6. The molecule has 0 spiro atoms. The molecule has 10 rings (SSSR count). The van der Waals surface area contributed by atoms with E-state index < -0.39 is 0 Å². The predicted octanol–water partition coefficient (Wildman–Crippen LogP) is 11.0. The van der Waals surface area contributed by atoms with Crippen LogP contribution in [0, 0.1) is 0 Å². The molecule has 49 heavy (non-hydrogen) atoms. The number of carbonyl (C=O) groups is 1. The van der Waals surface area contributed by atoms with E-state index in [1.54, 1.807) is 0 Å². The lowest BCUT2D eigenvalue weighted by atomic mass is 9.97. The second-order valence-corrected chi connectivity index (χ2v) is 12.5. The number of aromatic nitrogens is 3. The number of hydrogen-bond acceptors (Lipinski definition) is 1. The minimum absolute atomic E-state index is 0.0157. The number of carbonyl (C=O) groups excluding carboxylic acids is 1. The topological polar surface area (TPSA) is 31.3 Å². The van der Waals surface area contributed by atoms with Gasteiger partial charge in [0.1, 0.15) is 5.65 Å². The maximum atomic E-state index is 13.7. The summed E-state index contributed by atoms with van der Waals surface area (Å²) >= 11 is 0. The predicted molar refractivity (Wildman–Crippen MR) is 201 cm³/mol. The van der Waals surface area contributed by atoms with Crippen LogP contribution in [0.15, 0.2) is 176 Å². The van der Waals surface area contributed by atoms with Crippen molar-refractivity contribution in [1.29, 1.82) is 0 Å². The van der Waals surface area contributed by atoms with E-state index in [9.17, 15) is 4.79 Å². The largest absolute Gasteiger partial charge is 0.309 e. The van der Waals surface area contributed by atoms with Gasteiger partial charge < -0.3 is 4.57 Å². The molecule has 3 heterocycles. The quantitative estimate of drug-likeness (QED) is 0.175. The van der Waals surface area contributed by atoms with Gasteiger partial charge in [0, 0.05) is 44.2 Å². The van der Waals surface area contributed by atoms with Gasteiger partial charge in [0.25, 0.3) is 0 Å². The second kappa shape index (κ2) is 10.7. The first-order valence-corrected chi connectivity index (χ1v) is 16.6. The fourth-order valence-electron chi connectivity index (χ4n) is 7.70. The van der Waals surface area contributed by atoms with Crippen LogP contribution in [0.3, 0.4) is 0 Å². The van der Waals surface area contributed by atoms with Gasteiger partial charge in [-0.1, -0.05) is 121 Å². The molecule has 10 aromatic rings. The lowest BCUT2D eigenvalue weighted by Crippen LogP contribution is -2.01. The standard InChI is InChI=1S/C45H29N3O/c49-44(30-15-4-1-5-16-30)32-18-14-17-31(27-32)43-36-24-11-13-26-39(36)48-41-28-37-35-23-10-12-25-38(35)46(33-19-6-2-7-20-33)40(37)29-42(41)47(45(43)48)34-21-8-3-9-22-34/h1-29H. The van der Waals surface area contributed by atoms with Crippen molar-refractivity contribution in [2.45, 2.75) is 0 Å². The highest BCUT2D eigenvalue weighted by Crippen LogP contribution is 2.43. The Hall–Kier alpha value is -6.65. The molecule has 0 unspecified atom stereocenters. The number of nitrogens with zero attached hydrogens (tertiary/aromatic N) is 3. The fraction of sp³-hybridized carbons (Fsp3) is 0. The summed E-state index contributed by atoms with van der Waals surface area (Å²) in [7, 11) is 0. The molecule has 0 aliphatic rings. The monoisotopic (exact) mass is 627 g/mol. The highest BCUT2D eigenvalue weighted by molar-refractivity contribution is 6.16. The Morgan fingerprint density at radius 3 is 1.71 bits per heavy atom. The smallest absolute Gasteiger partial charge is 0.193 e. The van der Waals surface area contributed by atoms with E-state index in [2.05, 4.69) is 147 Å². The van der Waals surface area contributed by atoms with Gasteiger partial charge in [0.15, 0.2) is 5.78 Å². The minimum atomic E-state index is 0.0157. The average Bonchev–Trinajstić information content (AvgIpc) is 3.79. The van der Waals surface area contributed by atoms with Crippen molar-refractivity contribution in [1.82, 2.24) is 13.5 Å². The molecule has 0 aliphatic carbocycles. The van der Waals surface area contributed by atoms with Crippen molar-refractivity contribution in [3.8, 4) is 22.5 Å². The van der Waals surface area contributed by atoms with E-state index in [4.69, 9.17) is 0 Å². The first kappa shape index (κ1) is 27.5. The third-order valence-corrected chi connectivity index (χ3v) is 9.79. The van der Waals surface area contributed by atoms with Gasteiger partial charge in [-0.25, -0.2) is 0 Å². The Labute approximate surface area is 282 Å². The van der Waals surface area contributed by atoms with E-state index in [1.165, 1.54) is 16.3 Å². The van der Waals surface area contributed by atoms with Gasteiger partial charge in [-0.2, -0.15) is 0 Å². The van der Waals surface area contributed by atoms with Gasteiger partial charge >= 0.3 is 0 Å². The number of fused-ring (bicyclic) bond motifs is 8. The molecular weight excluding hydrogens is 599 g/mol. The number of imidazole rings is 1. The maximum absolute atomic E-state index is 13.7. The third kappa shape index (κ3) is 4.07. The van der Waals surface area contributed by atoms with Crippen molar-refractivity contribution in [3.05, 3.63) is 187 Å². The normalized spacial score (nSPS) is 11.8. The summed E-state index contributed by atoms with van der Waals surface area (Å²) in [5.74, 6) is 0.0157. The molecule has 0 aliphatic heterocycles. The van der Waals surface area contributed by atoms with Crippen LogP contribution in [-0.2, 0) is 0 Å². The molecule has 0 atom stereocenters. The van der Waals surface area contributed by atoms with Crippen LogP contribution in [0.4, 0.5) is 0 Å². The molecule has 4 nitrogen and oxygen atoms in total. The van der Waals surface area contributed by atoms with Crippen LogP contribution in [0.25, 0.3) is 71.9 Å². The Morgan fingerprint density at radius 1 is 0.388 bits per heavy atom. The van der Waals surface area contributed by atoms with E-state index in [1.807, 2.05) is 42.5 Å². The first-order chi connectivity index (χ1) is 24.3. The number of benzene rings is 7. The molecule has 0 amide bonds. The maximum Gasteiger partial charge on any atom is 0.193 e. The molecule has 0 radical (unpaired) electrons. The van der Waals surface area contributed by atoms with Gasteiger partial charge in [-0.15, -0.1) is 0 Å². The summed E-state index contributed by atoms with van der Waals surface area (Å²) in [6, 6.07) is 60.8. The lowest BCUT2D eigenvalue weighted by Gasteiger charge is -2.11. The highest BCUT2D eigenvalue weighted by Gasteiger charge is 2.25. The average molecular weight is 628 g/mol. The van der Waals surface area contributed by atoms with Crippen LogP contribution in [0.5, 0.6) is 0 Å². The molecule has 230 valence electrons. The number of rotatable bonds is 5. The van der Waals surface area contributed by atoms with Crippen molar-refractivity contribution in [2.24, 2.45) is 0 Å². The Bertz CT molecular complexity index is 2880. The Balaban J connectivity index is 1.36. The van der Waals surface area contributed by atoms with Crippen LogP contribution in [-0.4, -0.2) is 19.3 Å². The molecule has 3 aromatic heterocycles. The zero-order chi connectivity index (χ0) is 32.5. The zero-order valence-electron chi connectivity index (χ0n) is 26.5. The van der Waals surface area contributed by atoms with E-state index >= 15 is 0 Å². The van der Waals surface area contributed by atoms with Crippen molar-refractivity contribution in [3.63, 3.8) is 0 Å². The van der Waals surface area contributed by atoms with Gasteiger partial charge in [0.2, 0.25) is 0 Å². The molecule has 0 N–H and O–H groups in total. The summed E-state index contributed by atoms with van der Waals surface area (Å²) < 4.78 is 7.18. The van der Waals surface area contributed by atoms with Crippen molar-refractivity contribution < 1.29 is 4.79 Å². The molecule has 0 saturated heterocycles. The van der Waals surface area contributed by atoms with Crippen LogP contribution in [0.2, 0.25) is 0 Å². The number of ketones is 1. The van der Waals surface area contributed by atoms with Crippen LogP contribution < -0.4 is 0 Å². The number of hydrogen-bond donors (Lipinski definition) is 0. The van der Waals surface area contributed by atoms with Gasteiger partial charge in [0.05, 0.1) is 27.6 Å². The summed E-state index contributed by atoms with van der Waals surface area (Å²) in [6.07, 6.45) is 0. The molecule has 0 fully saturated rings. The molecule has 7 aromatic carbocycles. The van der Waals surface area contributed by atoms with Crippen LogP contribution in [0.1, 0.15) is 15.9 Å². The summed E-state index contributed by atoms with van der Waals surface area (Å²) in [4.78, 5) is 13.7. The van der Waals surface area contributed by atoms with Crippen LogP contribution >= 0.6 is 0 Å². The fourth-order valence-corrected chi connectivity index (χ4v) is 7.70. The summed E-state index contributed by atoms with van der Waals surface area (Å²) in [6.45, 7) is 0. The SMILES string of the molecule is O=C(c1ccccc1)c1cccc(-c2c3ccccc3n3c4cc5c6ccccc6n(-c6ccccc6)c5cc4n(-c4ccccc4)c23)c1. The van der Waals surface area contributed by atoms with E-state index in [-0.39, 0.29) is 5.78 Å². The highest BCUT2D eigenvalue weighted by atomic mass is 16.1. The molecule has 0 saturated carbocycles. The van der Waals surface area contributed by atoms with E-state index in [0.717, 1.165) is 55.6 Å². The molecule has 4 heteroatoms. The Kier molecular flexibility index (Phi) is 5.99. The van der Waals surface area contributed by atoms with E-state index in [0.29, 0.717) is 11.1 Å². The number of para-hydroxylation sites is 4. The molecular formula is C45H29N3O. The minimum Gasteiger partial charge on any atom is -0.309 e. The van der Waals surface area contributed by atoms with Crippen molar-refractivity contribution in [2.75, 3.05) is 0 Å². The third-order valence-electron chi connectivity index (χ3n) is 9.79. The summed E-state index contributed by atoms with van der Waals surface area (Å²) in [5.41, 5.74) is 12.4. The van der Waals surface area contributed by atoms with Gasteiger partial charge in [-0.05, 0) is 60.2 Å². The Morgan fingerprint density at radius 2 is 0.980 bits per heavy atom. The zero-order valence-corrected chi connectivity index (χ0v) is 26.5. The second-order valence-electron chi connectivity index (χ2n) is 12.5. The lowest BCUT2D eigenvalue weighted by molar-refractivity contribution is 0.103. The van der Waals surface area contributed by atoms with Gasteiger partial charge in [-0.3, -0.25) is 13.8 Å². The molecule has 0 bridgehead atoms. The summed E-state index contributed by atoms with van der Waals surface area (Å²) in [5, 5.41) is 3.56. The van der Waals surface area contributed by atoms with Crippen molar-refractivity contribution >= 4 is 55.2 Å².